The molecule has 110 valence electrons. The molecule has 0 unspecified atom stereocenters. The summed E-state index contributed by atoms with van der Waals surface area (Å²) in [5.41, 5.74) is 0.946. The molecule has 20 heavy (non-hydrogen) atoms. The summed E-state index contributed by atoms with van der Waals surface area (Å²) >= 11 is 11.9. The van der Waals surface area contributed by atoms with Crippen LogP contribution in [0.3, 0.4) is 0 Å². The molecule has 0 fully saturated rings. The molecule has 0 saturated carbocycles. The van der Waals surface area contributed by atoms with E-state index in [-0.39, 0.29) is 11.8 Å². The minimum absolute atomic E-state index is 0.0274. The molecule has 1 N–H and O–H groups in total. The van der Waals surface area contributed by atoms with E-state index in [1.165, 1.54) is 13.8 Å². The Morgan fingerprint density at radius 3 is 2.45 bits per heavy atom. The van der Waals surface area contributed by atoms with Crippen molar-refractivity contribution in [2.75, 3.05) is 19.6 Å². The van der Waals surface area contributed by atoms with Crippen LogP contribution in [0.2, 0.25) is 10.0 Å². The lowest BCUT2D eigenvalue weighted by atomic mass is 10.1. The number of amides is 2. The normalized spacial score (nSPS) is 10.2. The van der Waals surface area contributed by atoms with E-state index in [0.29, 0.717) is 36.1 Å². The Hall–Kier alpha value is -1.26. The van der Waals surface area contributed by atoms with Crippen LogP contribution in [-0.2, 0) is 16.0 Å². The second-order valence-electron chi connectivity index (χ2n) is 4.47. The summed E-state index contributed by atoms with van der Waals surface area (Å²) in [5, 5.41) is 3.86. The summed E-state index contributed by atoms with van der Waals surface area (Å²) in [6.07, 6.45) is 0.648. The molecule has 6 heteroatoms. The first kappa shape index (κ1) is 16.8. The lowest BCUT2D eigenvalue weighted by Crippen LogP contribution is -2.38. The fourth-order valence-corrected chi connectivity index (χ4v) is 2.28. The van der Waals surface area contributed by atoms with Crippen LogP contribution in [-0.4, -0.2) is 36.3 Å². The summed E-state index contributed by atoms with van der Waals surface area (Å²) < 4.78 is 0. The van der Waals surface area contributed by atoms with Gasteiger partial charge in [0.05, 0.1) is 0 Å². The van der Waals surface area contributed by atoms with Crippen molar-refractivity contribution in [1.82, 2.24) is 10.2 Å². The molecule has 0 heterocycles. The molecular formula is C14H18Cl2N2O2. The summed E-state index contributed by atoms with van der Waals surface area (Å²) in [7, 11) is 0. The fraction of sp³-hybridized carbons (Fsp3) is 0.429. The number of carbonyl (C=O) groups excluding carboxylic acids is 2. The molecule has 2 amide bonds. The lowest BCUT2D eigenvalue weighted by Gasteiger charge is -2.21. The maximum Gasteiger partial charge on any atom is 0.219 e. The van der Waals surface area contributed by atoms with Gasteiger partial charge in [-0.15, -0.1) is 0 Å². The number of nitrogens with zero attached hydrogens (tertiary/aromatic N) is 1. The predicted molar refractivity (Wildman–Crippen MR) is 81.1 cm³/mol. The molecule has 4 nitrogen and oxygen atoms in total. The maximum absolute atomic E-state index is 11.5. The smallest absolute Gasteiger partial charge is 0.219 e. The first-order chi connectivity index (χ1) is 9.40. The van der Waals surface area contributed by atoms with E-state index >= 15 is 0 Å². The first-order valence-electron chi connectivity index (χ1n) is 6.34. The van der Waals surface area contributed by atoms with Crippen LogP contribution in [0.5, 0.6) is 0 Å². The first-order valence-corrected chi connectivity index (χ1v) is 7.09. The van der Waals surface area contributed by atoms with E-state index in [1.54, 1.807) is 17.0 Å². The number of halogens is 2. The Labute approximate surface area is 129 Å². The van der Waals surface area contributed by atoms with Crippen LogP contribution in [0.1, 0.15) is 19.4 Å². The predicted octanol–water partition coefficient (Wildman–Crippen LogP) is 2.52. The van der Waals surface area contributed by atoms with Crippen LogP contribution < -0.4 is 5.32 Å². The van der Waals surface area contributed by atoms with Crippen molar-refractivity contribution in [1.29, 1.82) is 0 Å². The van der Waals surface area contributed by atoms with Gasteiger partial charge >= 0.3 is 0 Å². The van der Waals surface area contributed by atoms with E-state index in [2.05, 4.69) is 5.32 Å². The molecule has 0 aromatic heterocycles. The number of nitrogens with one attached hydrogen (secondary N) is 1. The Kier molecular flexibility index (Phi) is 6.82. The van der Waals surface area contributed by atoms with Gasteiger partial charge in [-0.1, -0.05) is 29.3 Å². The molecule has 0 radical (unpaired) electrons. The average molecular weight is 317 g/mol. The van der Waals surface area contributed by atoms with E-state index in [0.717, 1.165) is 5.56 Å². The van der Waals surface area contributed by atoms with Gasteiger partial charge in [0.15, 0.2) is 0 Å². The van der Waals surface area contributed by atoms with Crippen LogP contribution >= 0.6 is 23.2 Å². The Bertz CT molecular complexity index is 492. The molecule has 1 aromatic rings. The lowest BCUT2D eigenvalue weighted by molar-refractivity contribution is -0.129. The number of benzene rings is 1. The van der Waals surface area contributed by atoms with Gasteiger partial charge in [0, 0.05) is 43.5 Å². The van der Waals surface area contributed by atoms with Crippen LogP contribution in [0.15, 0.2) is 18.2 Å². The molecule has 1 aromatic carbocycles. The molecule has 0 aliphatic heterocycles. The third-order valence-corrected chi connectivity index (χ3v) is 3.45. The van der Waals surface area contributed by atoms with Gasteiger partial charge in [0.25, 0.3) is 0 Å². The van der Waals surface area contributed by atoms with Crippen molar-refractivity contribution in [2.45, 2.75) is 20.3 Å². The largest absolute Gasteiger partial charge is 0.355 e. The monoisotopic (exact) mass is 316 g/mol. The third-order valence-electron chi connectivity index (χ3n) is 2.87. The molecule has 0 saturated heterocycles. The molecule has 0 spiro atoms. The van der Waals surface area contributed by atoms with Crippen molar-refractivity contribution in [3.8, 4) is 0 Å². The highest BCUT2D eigenvalue weighted by atomic mass is 35.5. The minimum atomic E-state index is -0.103. The number of carbonyl (C=O) groups is 2. The van der Waals surface area contributed by atoms with Gasteiger partial charge in [-0.2, -0.15) is 0 Å². The number of rotatable bonds is 6. The van der Waals surface area contributed by atoms with E-state index in [4.69, 9.17) is 23.2 Å². The van der Waals surface area contributed by atoms with E-state index < -0.39 is 0 Å². The van der Waals surface area contributed by atoms with Crippen LogP contribution in [0.4, 0.5) is 0 Å². The van der Waals surface area contributed by atoms with Crippen LogP contribution in [0, 0.1) is 0 Å². The summed E-state index contributed by atoms with van der Waals surface area (Å²) in [6.45, 7) is 4.45. The van der Waals surface area contributed by atoms with Crippen LogP contribution in [0.25, 0.3) is 0 Å². The van der Waals surface area contributed by atoms with E-state index in [9.17, 15) is 9.59 Å². The van der Waals surface area contributed by atoms with E-state index in [1.807, 2.05) is 6.07 Å². The molecular weight excluding hydrogens is 299 g/mol. The highest BCUT2D eigenvalue weighted by molar-refractivity contribution is 6.35. The summed E-state index contributed by atoms with van der Waals surface area (Å²) in [6, 6.07) is 5.32. The maximum atomic E-state index is 11.5. The molecule has 0 bridgehead atoms. The summed E-state index contributed by atoms with van der Waals surface area (Å²) in [5.74, 6) is -0.130. The van der Waals surface area contributed by atoms with Crippen molar-refractivity contribution < 1.29 is 9.59 Å². The van der Waals surface area contributed by atoms with Crippen molar-refractivity contribution in [3.63, 3.8) is 0 Å². The number of hydrogen-bond acceptors (Lipinski definition) is 2. The Balaban J connectivity index is 2.54. The highest BCUT2D eigenvalue weighted by Gasteiger charge is 2.10. The van der Waals surface area contributed by atoms with Gasteiger partial charge in [-0.3, -0.25) is 9.59 Å². The Morgan fingerprint density at radius 2 is 1.90 bits per heavy atom. The summed E-state index contributed by atoms with van der Waals surface area (Å²) in [4.78, 5) is 24.0. The minimum Gasteiger partial charge on any atom is -0.355 e. The zero-order valence-electron chi connectivity index (χ0n) is 11.6. The van der Waals surface area contributed by atoms with Gasteiger partial charge in [-0.05, 0) is 24.1 Å². The zero-order valence-corrected chi connectivity index (χ0v) is 13.1. The van der Waals surface area contributed by atoms with Crippen molar-refractivity contribution in [3.05, 3.63) is 33.8 Å². The fourth-order valence-electron chi connectivity index (χ4n) is 1.77. The van der Waals surface area contributed by atoms with Gasteiger partial charge < -0.3 is 10.2 Å². The van der Waals surface area contributed by atoms with Gasteiger partial charge in [-0.25, -0.2) is 0 Å². The Morgan fingerprint density at radius 1 is 1.20 bits per heavy atom. The second kappa shape index (κ2) is 8.12. The number of hydrogen-bond donors (Lipinski definition) is 1. The molecule has 1 rings (SSSR count). The quantitative estimate of drug-likeness (QED) is 0.876. The SMILES string of the molecule is CC(=O)NCCN(CCc1ccc(Cl)cc1Cl)C(C)=O. The average Bonchev–Trinajstić information content (AvgIpc) is 2.34. The topological polar surface area (TPSA) is 49.4 Å². The highest BCUT2D eigenvalue weighted by Crippen LogP contribution is 2.21. The van der Waals surface area contributed by atoms with Gasteiger partial charge in [0.1, 0.15) is 0 Å². The van der Waals surface area contributed by atoms with Gasteiger partial charge in [0.2, 0.25) is 11.8 Å². The second-order valence-corrected chi connectivity index (χ2v) is 5.32. The van der Waals surface area contributed by atoms with Crippen molar-refractivity contribution >= 4 is 35.0 Å². The molecule has 0 atom stereocenters. The molecule has 0 aliphatic rings. The zero-order chi connectivity index (χ0) is 15.1. The molecule has 0 aliphatic carbocycles. The standard InChI is InChI=1S/C14H18Cl2N2O2/c1-10(19)17-6-8-18(11(2)20)7-5-12-3-4-13(15)9-14(12)16/h3-4,9H,5-8H2,1-2H3,(H,17,19). The van der Waals surface area contributed by atoms with Crippen molar-refractivity contribution in [2.24, 2.45) is 0 Å². The third kappa shape index (κ3) is 5.80.